The Morgan fingerprint density at radius 1 is 1.09 bits per heavy atom. The predicted molar refractivity (Wildman–Crippen MR) is 84.3 cm³/mol. The second-order valence-corrected chi connectivity index (χ2v) is 4.95. The summed E-state index contributed by atoms with van der Waals surface area (Å²) in [5.74, 6) is 2.95. The molecule has 2 heterocycles. The van der Waals surface area contributed by atoms with Gasteiger partial charge in [0.15, 0.2) is 0 Å². The van der Waals surface area contributed by atoms with Crippen LogP contribution in [0.2, 0.25) is 0 Å². The lowest BCUT2D eigenvalue weighted by molar-refractivity contribution is 0.343. The summed E-state index contributed by atoms with van der Waals surface area (Å²) < 4.78 is 11.4. The van der Waals surface area contributed by atoms with Crippen molar-refractivity contribution < 1.29 is 13.9 Å². The molecule has 1 aromatic carbocycles. The normalized spacial score (nSPS) is 11.4. The molecule has 2 aromatic heterocycles. The van der Waals surface area contributed by atoms with E-state index in [1.807, 2.05) is 49.4 Å². The number of aliphatic hydroxyl groups is 1. The number of aryl methyl sites for hydroxylation is 1. The van der Waals surface area contributed by atoms with Gasteiger partial charge < -0.3 is 13.9 Å². The average molecular weight is 295 g/mol. The molecule has 0 aliphatic heterocycles. The molecule has 0 bridgehead atoms. The highest BCUT2D eigenvalue weighted by molar-refractivity contribution is 5.53. The van der Waals surface area contributed by atoms with Gasteiger partial charge in [-0.1, -0.05) is 24.3 Å². The Bertz CT molecular complexity index is 769. The molecule has 4 nitrogen and oxygen atoms in total. The van der Waals surface area contributed by atoms with Crippen molar-refractivity contribution in [3.8, 4) is 11.5 Å². The Hall–Kier alpha value is -2.59. The van der Waals surface area contributed by atoms with Crippen LogP contribution < -0.4 is 0 Å². The minimum absolute atomic E-state index is 0.00113. The molecule has 0 atom stereocenters. The van der Waals surface area contributed by atoms with Crippen LogP contribution in [0.1, 0.15) is 23.0 Å². The van der Waals surface area contributed by atoms with Crippen LogP contribution in [0.3, 0.4) is 0 Å². The van der Waals surface area contributed by atoms with Crippen molar-refractivity contribution >= 4 is 6.08 Å². The number of nitrogens with zero attached hydrogens (tertiary/aromatic N) is 1. The highest BCUT2D eigenvalue weighted by atomic mass is 16.4. The predicted octanol–water partition coefficient (Wildman–Crippen LogP) is 3.84. The van der Waals surface area contributed by atoms with Gasteiger partial charge in [0, 0.05) is 5.56 Å². The largest absolute Gasteiger partial charge is 0.461 e. The van der Waals surface area contributed by atoms with E-state index in [4.69, 9.17) is 13.9 Å². The quantitative estimate of drug-likeness (QED) is 0.777. The molecule has 1 N–H and O–H groups in total. The molecule has 0 unspecified atom stereocenters. The molecule has 0 saturated carbocycles. The first-order valence-corrected chi connectivity index (χ1v) is 7.14. The van der Waals surface area contributed by atoms with Gasteiger partial charge in [0.2, 0.25) is 5.89 Å². The topological polar surface area (TPSA) is 59.4 Å². The number of hydrogen-bond acceptors (Lipinski definition) is 4. The van der Waals surface area contributed by atoms with Crippen LogP contribution in [0.15, 0.2) is 57.4 Å². The first-order valence-electron chi connectivity index (χ1n) is 7.14. The van der Waals surface area contributed by atoms with Crippen molar-refractivity contribution in [2.75, 3.05) is 6.61 Å². The third-order valence-electron chi connectivity index (χ3n) is 3.33. The fourth-order valence-corrected chi connectivity index (χ4v) is 2.21. The molecular formula is C18H17NO3. The molecule has 0 saturated heterocycles. The average Bonchev–Trinajstić information content (AvgIpc) is 3.14. The third kappa shape index (κ3) is 3.18. The van der Waals surface area contributed by atoms with E-state index in [1.54, 1.807) is 12.2 Å². The molecule has 0 fully saturated rings. The van der Waals surface area contributed by atoms with Gasteiger partial charge in [-0.3, -0.25) is 0 Å². The molecule has 0 radical (unpaired) electrons. The van der Waals surface area contributed by atoms with Gasteiger partial charge in [0.1, 0.15) is 17.3 Å². The molecule has 3 rings (SSSR count). The Labute approximate surface area is 128 Å². The van der Waals surface area contributed by atoms with Crippen LogP contribution in [0, 0.1) is 6.92 Å². The van der Waals surface area contributed by atoms with Crippen molar-refractivity contribution in [3.63, 3.8) is 0 Å². The van der Waals surface area contributed by atoms with Gasteiger partial charge in [-0.05, 0) is 37.3 Å². The maximum atomic E-state index is 8.77. The van der Waals surface area contributed by atoms with Crippen molar-refractivity contribution in [2.45, 2.75) is 13.3 Å². The van der Waals surface area contributed by atoms with Crippen molar-refractivity contribution in [1.29, 1.82) is 0 Å². The number of oxazole rings is 1. The standard InChI is InChI=1S/C18H17NO3/c1-13-17(12-16-10-9-15(22-16)8-5-11-20)19-18(21-13)14-6-3-2-4-7-14/h2-10,20H,11-12H2,1H3. The van der Waals surface area contributed by atoms with Crippen molar-refractivity contribution in [1.82, 2.24) is 4.98 Å². The van der Waals surface area contributed by atoms with E-state index in [0.717, 1.165) is 22.8 Å². The summed E-state index contributed by atoms with van der Waals surface area (Å²) in [5, 5.41) is 8.77. The highest BCUT2D eigenvalue weighted by Gasteiger charge is 2.13. The number of furan rings is 1. The number of benzene rings is 1. The summed E-state index contributed by atoms with van der Waals surface area (Å²) in [4.78, 5) is 4.56. The first kappa shape index (κ1) is 14.4. The van der Waals surface area contributed by atoms with Crippen LogP contribution in [0.25, 0.3) is 17.5 Å². The molecule has 112 valence electrons. The van der Waals surface area contributed by atoms with Crippen LogP contribution in [-0.2, 0) is 6.42 Å². The molecule has 0 aliphatic carbocycles. The lowest BCUT2D eigenvalue weighted by atomic mass is 10.2. The second kappa shape index (κ2) is 6.45. The van der Waals surface area contributed by atoms with E-state index in [-0.39, 0.29) is 6.61 Å². The lowest BCUT2D eigenvalue weighted by Crippen LogP contribution is -1.88. The maximum Gasteiger partial charge on any atom is 0.226 e. The van der Waals surface area contributed by atoms with Gasteiger partial charge in [-0.2, -0.15) is 0 Å². The number of aliphatic hydroxyl groups excluding tert-OH is 1. The monoisotopic (exact) mass is 295 g/mol. The second-order valence-electron chi connectivity index (χ2n) is 4.95. The zero-order valence-corrected chi connectivity index (χ0v) is 12.3. The van der Waals surface area contributed by atoms with Crippen LogP contribution in [0.5, 0.6) is 0 Å². The Morgan fingerprint density at radius 2 is 1.91 bits per heavy atom. The fourth-order valence-electron chi connectivity index (χ4n) is 2.21. The van der Waals surface area contributed by atoms with Crippen LogP contribution >= 0.6 is 0 Å². The van der Waals surface area contributed by atoms with Crippen LogP contribution in [-0.4, -0.2) is 16.7 Å². The van der Waals surface area contributed by atoms with E-state index in [1.165, 1.54) is 0 Å². The smallest absolute Gasteiger partial charge is 0.226 e. The van der Waals surface area contributed by atoms with Gasteiger partial charge >= 0.3 is 0 Å². The number of hydrogen-bond donors (Lipinski definition) is 1. The zero-order valence-electron chi connectivity index (χ0n) is 12.3. The number of rotatable bonds is 5. The van der Waals surface area contributed by atoms with E-state index in [0.29, 0.717) is 18.1 Å². The van der Waals surface area contributed by atoms with Gasteiger partial charge in [-0.25, -0.2) is 4.98 Å². The van der Waals surface area contributed by atoms with E-state index in [9.17, 15) is 0 Å². The fraction of sp³-hybridized carbons (Fsp3) is 0.167. The first-order chi connectivity index (χ1) is 10.8. The molecule has 4 heteroatoms. The Kier molecular flexibility index (Phi) is 4.21. The summed E-state index contributed by atoms with van der Waals surface area (Å²) in [5.41, 5.74) is 1.83. The molecular weight excluding hydrogens is 278 g/mol. The van der Waals surface area contributed by atoms with Crippen molar-refractivity contribution in [3.05, 3.63) is 71.5 Å². The summed E-state index contributed by atoms with van der Waals surface area (Å²) in [7, 11) is 0. The third-order valence-corrected chi connectivity index (χ3v) is 3.33. The molecule has 0 aliphatic rings. The van der Waals surface area contributed by atoms with Crippen molar-refractivity contribution in [2.24, 2.45) is 0 Å². The van der Waals surface area contributed by atoms with Crippen LogP contribution in [0.4, 0.5) is 0 Å². The lowest BCUT2D eigenvalue weighted by Gasteiger charge is -1.93. The summed E-state index contributed by atoms with van der Waals surface area (Å²) in [6.07, 6.45) is 3.96. The van der Waals surface area contributed by atoms with Gasteiger partial charge in [-0.15, -0.1) is 0 Å². The Morgan fingerprint density at radius 3 is 2.68 bits per heavy atom. The zero-order chi connectivity index (χ0) is 15.4. The highest BCUT2D eigenvalue weighted by Crippen LogP contribution is 2.23. The Balaban J connectivity index is 1.80. The molecule has 0 amide bonds. The van der Waals surface area contributed by atoms with E-state index in [2.05, 4.69) is 4.98 Å². The SMILES string of the molecule is Cc1oc(-c2ccccc2)nc1Cc1ccc(C=CCO)o1. The summed E-state index contributed by atoms with van der Waals surface area (Å²) >= 11 is 0. The summed E-state index contributed by atoms with van der Waals surface area (Å²) in [6, 6.07) is 13.6. The van der Waals surface area contributed by atoms with E-state index >= 15 is 0 Å². The van der Waals surface area contributed by atoms with Gasteiger partial charge in [0.05, 0.1) is 18.7 Å². The minimum Gasteiger partial charge on any atom is -0.461 e. The number of aromatic nitrogens is 1. The molecule has 0 spiro atoms. The van der Waals surface area contributed by atoms with Gasteiger partial charge in [0.25, 0.3) is 0 Å². The molecule has 22 heavy (non-hydrogen) atoms. The summed E-state index contributed by atoms with van der Waals surface area (Å²) in [6.45, 7) is 1.91. The maximum absolute atomic E-state index is 8.77. The minimum atomic E-state index is -0.00113. The van der Waals surface area contributed by atoms with E-state index < -0.39 is 0 Å². The molecule has 3 aromatic rings.